The average molecular weight is 271 g/mol. The van der Waals surface area contributed by atoms with Crippen molar-refractivity contribution >= 4 is 29.0 Å². The first kappa shape index (κ1) is 12.0. The molecule has 7 heteroatoms. The molecule has 0 aliphatic heterocycles. The summed E-state index contributed by atoms with van der Waals surface area (Å²) in [6, 6.07) is 4.92. The molecule has 0 spiro atoms. The molecule has 0 atom stereocenters. The van der Waals surface area contributed by atoms with Gasteiger partial charge in [0.05, 0.1) is 23.5 Å². The van der Waals surface area contributed by atoms with Crippen LogP contribution in [-0.2, 0) is 13.5 Å². The van der Waals surface area contributed by atoms with Crippen LogP contribution in [0.25, 0.3) is 0 Å². The zero-order valence-electron chi connectivity index (χ0n) is 8.89. The van der Waals surface area contributed by atoms with E-state index in [2.05, 4.69) is 15.4 Å². The SMILES string of the molecule is Cn1nnc(CC(=O)c2cccc(Cl)c2Cl)n1. The second kappa shape index (κ2) is 4.81. The van der Waals surface area contributed by atoms with E-state index >= 15 is 0 Å². The quantitative estimate of drug-likeness (QED) is 0.800. The van der Waals surface area contributed by atoms with Crippen molar-refractivity contribution in [2.24, 2.45) is 7.05 Å². The summed E-state index contributed by atoms with van der Waals surface area (Å²) in [5, 5.41) is 11.9. The third-order valence-electron chi connectivity index (χ3n) is 2.12. The van der Waals surface area contributed by atoms with Crippen molar-refractivity contribution in [3.8, 4) is 0 Å². The molecular weight excluding hydrogens is 263 g/mol. The molecule has 0 unspecified atom stereocenters. The van der Waals surface area contributed by atoms with Crippen LogP contribution in [-0.4, -0.2) is 26.0 Å². The molecule has 1 aromatic carbocycles. The second-order valence-electron chi connectivity index (χ2n) is 3.40. The van der Waals surface area contributed by atoms with Gasteiger partial charge in [0.25, 0.3) is 0 Å². The average Bonchev–Trinajstić information content (AvgIpc) is 2.68. The number of carbonyl (C=O) groups excluding carboxylic acids is 1. The minimum atomic E-state index is -0.189. The van der Waals surface area contributed by atoms with Crippen LogP contribution >= 0.6 is 23.2 Å². The number of halogens is 2. The Labute approximate surface area is 107 Å². The van der Waals surface area contributed by atoms with Crippen molar-refractivity contribution in [3.05, 3.63) is 39.6 Å². The Morgan fingerprint density at radius 2 is 2.18 bits per heavy atom. The molecule has 5 nitrogen and oxygen atoms in total. The van der Waals surface area contributed by atoms with Crippen molar-refractivity contribution in [1.82, 2.24) is 20.2 Å². The van der Waals surface area contributed by atoms with Gasteiger partial charge in [0.1, 0.15) is 0 Å². The van der Waals surface area contributed by atoms with Crippen LogP contribution in [0.2, 0.25) is 10.0 Å². The van der Waals surface area contributed by atoms with Crippen LogP contribution in [0.5, 0.6) is 0 Å². The van der Waals surface area contributed by atoms with Gasteiger partial charge in [-0.15, -0.1) is 10.2 Å². The molecule has 88 valence electrons. The predicted octanol–water partition coefficient (Wildman–Crippen LogP) is 1.94. The van der Waals surface area contributed by atoms with E-state index in [4.69, 9.17) is 23.2 Å². The van der Waals surface area contributed by atoms with E-state index in [0.717, 1.165) is 0 Å². The van der Waals surface area contributed by atoms with Crippen molar-refractivity contribution < 1.29 is 4.79 Å². The van der Waals surface area contributed by atoms with Gasteiger partial charge < -0.3 is 0 Å². The highest BCUT2D eigenvalue weighted by atomic mass is 35.5. The summed E-state index contributed by atoms with van der Waals surface area (Å²) < 4.78 is 0. The molecule has 2 rings (SSSR count). The molecule has 0 aliphatic rings. The largest absolute Gasteiger partial charge is 0.294 e. The van der Waals surface area contributed by atoms with Gasteiger partial charge in [0.2, 0.25) is 0 Å². The van der Waals surface area contributed by atoms with Crippen LogP contribution in [0.15, 0.2) is 18.2 Å². The predicted molar refractivity (Wildman–Crippen MR) is 63.3 cm³/mol. The minimum Gasteiger partial charge on any atom is -0.294 e. The highest BCUT2D eigenvalue weighted by Gasteiger charge is 2.15. The Morgan fingerprint density at radius 1 is 1.41 bits per heavy atom. The maximum Gasteiger partial charge on any atom is 0.182 e. The highest BCUT2D eigenvalue weighted by Crippen LogP contribution is 2.26. The molecule has 1 aromatic heterocycles. The summed E-state index contributed by atoms with van der Waals surface area (Å²) in [6.07, 6.45) is 0.0495. The summed E-state index contributed by atoms with van der Waals surface area (Å²) in [6.45, 7) is 0. The van der Waals surface area contributed by atoms with Gasteiger partial charge >= 0.3 is 0 Å². The monoisotopic (exact) mass is 270 g/mol. The van der Waals surface area contributed by atoms with Gasteiger partial charge in [-0.05, 0) is 17.3 Å². The molecule has 0 N–H and O–H groups in total. The molecule has 0 radical (unpaired) electrons. The first-order chi connectivity index (χ1) is 8.08. The fourth-order valence-corrected chi connectivity index (χ4v) is 1.76. The lowest BCUT2D eigenvalue weighted by Gasteiger charge is -2.02. The number of rotatable bonds is 3. The standard InChI is InChI=1S/C10H8Cl2N4O/c1-16-14-9(13-15-16)5-8(17)6-3-2-4-7(11)10(6)12/h2-4H,5H2,1H3. The number of hydrogen-bond donors (Lipinski definition) is 0. The molecule has 0 aliphatic carbocycles. The van der Waals surface area contributed by atoms with Gasteiger partial charge in [-0.3, -0.25) is 4.79 Å². The number of benzene rings is 1. The number of hydrogen-bond acceptors (Lipinski definition) is 4. The Balaban J connectivity index is 2.23. The topological polar surface area (TPSA) is 60.7 Å². The third-order valence-corrected chi connectivity index (χ3v) is 2.94. The van der Waals surface area contributed by atoms with Gasteiger partial charge in [-0.2, -0.15) is 4.80 Å². The lowest BCUT2D eigenvalue weighted by molar-refractivity contribution is 0.0991. The van der Waals surface area contributed by atoms with E-state index in [1.807, 2.05) is 0 Å². The van der Waals surface area contributed by atoms with Crippen molar-refractivity contribution in [2.45, 2.75) is 6.42 Å². The van der Waals surface area contributed by atoms with Crippen LogP contribution in [0.4, 0.5) is 0 Å². The van der Waals surface area contributed by atoms with Crippen molar-refractivity contribution in [2.75, 3.05) is 0 Å². The lowest BCUT2D eigenvalue weighted by atomic mass is 10.1. The Kier molecular flexibility index (Phi) is 3.40. The zero-order valence-corrected chi connectivity index (χ0v) is 10.4. The van der Waals surface area contributed by atoms with Gasteiger partial charge in [-0.25, -0.2) is 0 Å². The molecule has 17 heavy (non-hydrogen) atoms. The summed E-state index contributed by atoms with van der Waals surface area (Å²) >= 11 is 11.8. The number of tetrazole rings is 1. The molecule has 0 saturated heterocycles. The Morgan fingerprint density at radius 3 is 2.82 bits per heavy atom. The van der Waals surface area contributed by atoms with E-state index in [-0.39, 0.29) is 17.2 Å². The van der Waals surface area contributed by atoms with E-state index in [9.17, 15) is 4.79 Å². The van der Waals surface area contributed by atoms with Crippen LogP contribution in [0, 0.1) is 0 Å². The van der Waals surface area contributed by atoms with Gasteiger partial charge in [-0.1, -0.05) is 29.3 Å². The van der Waals surface area contributed by atoms with Crippen LogP contribution < -0.4 is 0 Å². The molecule has 0 saturated carbocycles. The smallest absolute Gasteiger partial charge is 0.182 e. The third kappa shape index (κ3) is 2.62. The van der Waals surface area contributed by atoms with E-state index in [1.165, 1.54) is 4.80 Å². The summed E-state index contributed by atoms with van der Waals surface area (Å²) in [7, 11) is 1.63. The number of aryl methyl sites for hydroxylation is 1. The molecule has 0 amide bonds. The van der Waals surface area contributed by atoms with Crippen LogP contribution in [0.1, 0.15) is 16.2 Å². The minimum absolute atomic E-state index is 0.0495. The molecule has 1 heterocycles. The van der Waals surface area contributed by atoms with Crippen molar-refractivity contribution in [3.63, 3.8) is 0 Å². The lowest BCUT2D eigenvalue weighted by Crippen LogP contribution is -2.06. The van der Waals surface area contributed by atoms with E-state index < -0.39 is 0 Å². The maximum atomic E-state index is 11.9. The number of nitrogens with zero attached hydrogens (tertiary/aromatic N) is 4. The van der Waals surface area contributed by atoms with Gasteiger partial charge in [0.15, 0.2) is 11.6 Å². The second-order valence-corrected chi connectivity index (χ2v) is 4.18. The summed E-state index contributed by atoms with van der Waals surface area (Å²) in [5.74, 6) is 0.166. The summed E-state index contributed by atoms with van der Waals surface area (Å²) in [4.78, 5) is 13.2. The first-order valence-electron chi connectivity index (χ1n) is 4.78. The Bertz CT molecular complexity index is 567. The van der Waals surface area contributed by atoms with Gasteiger partial charge in [0, 0.05) is 5.56 Å². The maximum absolute atomic E-state index is 11.9. The number of aromatic nitrogens is 4. The first-order valence-corrected chi connectivity index (χ1v) is 5.53. The zero-order chi connectivity index (χ0) is 12.4. The fraction of sp³-hybridized carbons (Fsp3) is 0.200. The van der Waals surface area contributed by atoms with E-state index in [1.54, 1.807) is 25.2 Å². The highest BCUT2D eigenvalue weighted by molar-refractivity contribution is 6.43. The molecular formula is C10H8Cl2N4O. The fourth-order valence-electron chi connectivity index (χ4n) is 1.35. The number of Topliss-reactive ketones (excluding diaryl/α,β-unsaturated/α-hetero) is 1. The molecule has 2 aromatic rings. The van der Waals surface area contributed by atoms with Crippen molar-refractivity contribution in [1.29, 1.82) is 0 Å². The summed E-state index contributed by atoms with van der Waals surface area (Å²) in [5.41, 5.74) is 0.367. The van der Waals surface area contributed by atoms with Crippen LogP contribution in [0.3, 0.4) is 0 Å². The normalized spacial score (nSPS) is 10.5. The number of ketones is 1. The number of carbonyl (C=O) groups is 1. The molecule has 0 fully saturated rings. The molecule has 0 bridgehead atoms. The Hall–Kier alpha value is -1.46. The van der Waals surface area contributed by atoms with E-state index in [0.29, 0.717) is 16.4 Å².